The SMILES string of the molecule is COc1c(F)cc(F)cc1CC(N)=S. The normalized spacial score (nSPS) is 9.93. The van der Waals surface area contributed by atoms with Gasteiger partial charge in [0.2, 0.25) is 0 Å². The monoisotopic (exact) mass is 217 g/mol. The van der Waals surface area contributed by atoms with Crippen molar-refractivity contribution in [3.8, 4) is 5.75 Å². The molecule has 14 heavy (non-hydrogen) atoms. The molecule has 76 valence electrons. The molecule has 0 aromatic heterocycles. The van der Waals surface area contributed by atoms with Crippen molar-refractivity contribution in [2.75, 3.05) is 7.11 Å². The molecule has 0 aliphatic rings. The first-order valence-electron chi connectivity index (χ1n) is 3.84. The molecule has 0 unspecified atom stereocenters. The van der Waals surface area contributed by atoms with E-state index < -0.39 is 11.6 Å². The Labute approximate surface area is 85.7 Å². The Hall–Kier alpha value is -1.23. The summed E-state index contributed by atoms with van der Waals surface area (Å²) in [4.78, 5) is 0.160. The molecule has 2 nitrogen and oxygen atoms in total. The Morgan fingerprint density at radius 2 is 2.14 bits per heavy atom. The summed E-state index contributed by atoms with van der Waals surface area (Å²) in [5.74, 6) is -1.44. The fraction of sp³-hybridized carbons (Fsp3) is 0.222. The number of rotatable bonds is 3. The first-order chi connectivity index (χ1) is 6.54. The predicted octanol–water partition coefficient (Wildman–Crippen LogP) is 1.80. The maximum atomic E-state index is 13.1. The second-order valence-electron chi connectivity index (χ2n) is 2.72. The number of benzene rings is 1. The number of halogens is 2. The molecular weight excluding hydrogens is 208 g/mol. The van der Waals surface area contributed by atoms with Crippen LogP contribution >= 0.6 is 12.2 Å². The molecule has 1 aromatic rings. The van der Waals surface area contributed by atoms with Gasteiger partial charge in [0.25, 0.3) is 0 Å². The second-order valence-corrected chi connectivity index (χ2v) is 3.25. The third kappa shape index (κ3) is 2.38. The number of thiocarbonyl (C=S) groups is 1. The first-order valence-corrected chi connectivity index (χ1v) is 4.25. The van der Waals surface area contributed by atoms with E-state index in [9.17, 15) is 8.78 Å². The van der Waals surface area contributed by atoms with Crippen molar-refractivity contribution in [1.29, 1.82) is 0 Å². The van der Waals surface area contributed by atoms with Crippen molar-refractivity contribution in [1.82, 2.24) is 0 Å². The van der Waals surface area contributed by atoms with Gasteiger partial charge in [0.15, 0.2) is 11.6 Å². The minimum Gasteiger partial charge on any atom is -0.493 e. The number of hydrogen-bond acceptors (Lipinski definition) is 2. The maximum Gasteiger partial charge on any atom is 0.168 e. The maximum absolute atomic E-state index is 13.1. The fourth-order valence-electron chi connectivity index (χ4n) is 1.16. The highest BCUT2D eigenvalue weighted by atomic mass is 32.1. The zero-order chi connectivity index (χ0) is 10.7. The molecule has 0 fully saturated rings. The van der Waals surface area contributed by atoms with Crippen LogP contribution in [0.15, 0.2) is 12.1 Å². The Morgan fingerprint density at radius 3 is 2.64 bits per heavy atom. The van der Waals surface area contributed by atoms with Gasteiger partial charge < -0.3 is 10.5 Å². The van der Waals surface area contributed by atoms with Crippen LogP contribution in [0.1, 0.15) is 5.56 Å². The lowest BCUT2D eigenvalue weighted by Gasteiger charge is -2.08. The van der Waals surface area contributed by atoms with E-state index in [1.165, 1.54) is 7.11 Å². The third-order valence-corrected chi connectivity index (χ3v) is 1.80. The van der Waals surface area contributed by atoms with Gasteiger partial charge in [-0.2, -0.15) is 0 Å². The zero-order valence-electron chi connectivity index (χ0n) is 7.51. The predicted molar refractivity (Wildman–Crippen MR) is 53.4 cm³/mol. The van der Waals surface area contributed by atoms with Crippen molar-refractivity contribution >= 4 is 17.2 Å². The number of nitrogens with two attached hydrogens (primary N) is 1. The number of methoxy groups -OCH3 is 1. The van der Waals surface area contributed by atoms with Crippen molar-refractivity contribution in [2.45, 2.75) is 6.42 Å². The molecule has 0 bridgehead atoms. The Balaban J connectivity index is 3.17. The van der Waals surface area contributed by atoms with Gasteiger partial charge in [0.05, 0.1) is 12.1 Å². The van der Waals surface area contributed by atoms with Crippen LogP contribution in [0.25, 0.3) is 0 Å². The summed E-state index contributed by atoms with van der Waals surface area (Å²) in [6.45, 7) is 0. The topological polar surface area (TPSA) is 35.2 Å². The van der Waals surface area contributed by atoms with Gasteiger partial charge in [-0.25, -0.2) is 8.78 Å². The lowest BCUT2D eigenvalue weighted by atomic mass is 10.1. The summed E-state index contributed by atoms with van der Waals surface area (Å²) < 4.78 is 30.7. The van der Waals surface area contributed by atoms with Crippen LogP contribution in [0.4, 0.5) is 8.78 Å². The van der Waals surface area contributed by atoms with Gasteiger partial charge in [-0.3, -0.25) is 0 Å². The quantitative estimate of drug-likeness (QED) is 0.784. The van der Waals surface area contributed by atoms with Crippen LogP contribution in [-0.4, -0.2) is 12.1 Å². The Bertz CT molecular complexity index is 368. The van der Waals surface area contributed by atoms with E-state index in [0.717, 1.165) is 12.1 Å². The van der Waals surface area contributed by atoms with Crippen molar-refractivity contribution in [2.24, 2.45) is 5.73 Å². The van der Waals surface area contributed by atoms with Crippen molar-refractivity contribution in [3.63, 3.8) is 0 Å². The number of ether oxygens (including phenoxy) is 1. The molecule has 0 atom stereocenters. The summed E-state index contributed by atoms with van der Waals surface area (Å²) in [7, 11) is 1.30. The molecule has 0 amide bonds. The Morgan fingerprint density at radius 1 is 1.50 bits per heavy atom. The lowest BCUT2D eigenvalue weighted by molar-refractivity contribution is 0.380. The summed E-state index contributed by atoms with van der Waals surface area (Å²) in [6.07, 6.45) is 0.118. The largest absolute Gasteiger partial charge is 0.493 e. The summed E-state index contributed by atoms with van der Waals surface area (Å²) >= 11 is 4.65. The second kappa shape index (κ2) is 4.32. The third-order valence-electron chi connectivity index (χ3n) is 1.65. The zero-order valence-corrected chi connectivity index (χ0v) is 8.33. The van der Waals surface area contributed by atoms with E-state index in [-0.39, 0.29) is 17.2 Å². The molecule has 0 radical (unpaired) electrons. The molecule has 2 N–H and O–H groups in total. The van der Waals surface area contributed by atoms with E-state index in [0.29, 0.717) is 5.56 Å². The molecule has 0 saturated carbocycles. The highest BCUT2D eigenvalue weighted by Crippen LogP contribution is 2.24. The fourth-order valence-corrected chi connectivity index (χ4v) is 1.32. The molecule has 1 rings (SSSR count). The van der Waals surface area contributed by atoms with Crippen molar-refractivity contribution in [3.05, 3.63) is 29.3 Å². The molecule has 0 aliphatic carbocycles. The molecular formula is C9H9F2NOS. The van der Waals surface area contributed by atoms with Gasteiger partial charge >= 0.3 is 0 Å². The van der Waals surface area contributed by atoms with Crippen LogP contribution in [-0.2, 0) is 6.42 Å². The summed E-state index contributed by atoms with van der Waals surface area (Å²) in [5, 5.41) is 0. The first kappa shape index (κ1) is 10.8. The standard InChI is InChI=1S/C9H9F2NOS/c1-13-9-5(3-8(12)14)2-6(10)4-7(9)11/h2,4H,3H2,1H3,(H2,12,14). The van der Waals surface area contributed by atoms with Gasteiger partial charge in [-0.05, 0) is 6.07 Å². The lowest BCUT2D eigenvalue weighted by Crippen LogP contribution is -2.12. The molecule has 0 aliphatic heterocycles. The van der Waals surface area contributed by atoms with E-state index >= 15 is 0 Å². The van der Waals surface area contributed by atoms with Gasteiger partial charge in [-0.1, -0.05) is 12.2 Å². The highest BCUT2D eigenvalue weighted by molar-refractivity contribution is 7.80. The molecule has 0 saturated heterocycles. The average molecular weight is 217 g/mol. The van der Waals surface area contributed by atoms with Crippen LogP contribution < -0.4 is 10.5 Å². The van der Waals surface area contributed by atoms with E-state index in [2.05, 4.69) is 12.2 Å². The van der Waals surface area contributed by atoms with Gasteiger partial charge in [-0.15, -0.1) is 0 Å². The van der Waals surface area contributed by atoms with Crippen molar-refractivity contribution < 1.29 is 13.5 Å². The average Bonchev–Trinajstić information content (AvgIpc) is 2.01. The number of hydrogen-bond donors (Lipinski definition) is 1. The van der Waals surface area contributed by atoms with Crippen LogP contribution in [0.5, 0.6) is 5.75 Å². The molecule has 1 aromatic carbocycles. The molecule has 5 heteroatoms. The minimum atomic E-state index is -0.751. The van der Waals surface area contributed by atoms with Gasteiger partial charge in [0.1, 0.15) is 5.82 Å². The van der Waals surface area contributed by atoms with E-state index in [1.807, 2.05) is 0 Å². The smallest absolute Gasteiger partial charge is 0.168 e. The minimum absolute atomic E-state index is 0.0146. The highest BCUT2D eigenvalue weighted by Gasteiger charge is 2.12. The van der Waals surface area contributed by atoms with E-state index in [4.69, 9.17) is 10.5 Å². The molecule has 0 heterocycles. The summed E-state index contributed by atoms with van der Waals surface area (Å²) in [6, 6.07) is 1.91. The van der Waals surface area contributed by atoms with E-state index in [1.54, 1.807) is 0 Å². The van der Waals surface area contributed by atoms with Crippen LogP contribution in [0, 0.1) is 11.6 Å². The molecule has 0 spiro atoms. The Kier molecular flexibility index (Phi) is 3.35. The van der Waals surface area contributed by atoms with Gasteiger partial charge in [0, 0.05) is 18.1 Å². The summed E-state index contributed by atoms with van der Waals surface area (Å²) in [5.41, 5.74) is 5.60. The van der Waals surface area contributed by atoms with Crippen LogP contribution in [0.3, 0.4) is 0 Å². The van der Waals surface area contributed by atoms with Crippen LogP contribution in [0.2, 0.25) is 0 Å².